The van der Waals surface area contributed by atoms with Gasteiger partial charge in [0.05, 0.1) is 28.9 Å². The maximum atomic E-state index is 13.6. The van der Waals surface area contributed by atoms with Crippen LogP contribution in [-0.2, 0) is 6.61 Å². The predicted octanol–water partition coefficient (Wildman–Crippen LogP) is 4.07. The van der Waals surface area contributed by atoms with Crippen LogP contribution in [0.4, 0.5) is 0 Å². The van der Waals surface area contributed by atoms with E-state index in [1.54, 1.807) is 31.2 Å². The smallest absolute Gasteiger partial charge is 0.201 e. The maximum Gasteiger partial charge on any atom is 0.201 e. The van der Waals surface area contributed by atoms with Crippen LogP contribution in [0.1, 0.15) is 77.1 Å². The number of rotatable bonds is 2. The summed E-state index contributed by atoms with van der Waals surface area (Å²) in [7, 11) is 0. The highest BCUT2D eigenvalue weighted by atomic mass is 16.3. The molecule has 0 saturated heterocycles. The normalized spacial score (nSPS) is 17.4. The molecule has 0 unspecified atom stereocenters. The van der Waals surface area contributed by atoms with E-state index in [4.69, 9.17) is 0 Å². The molecule has 2 aliphatic rings. The van der Waals surface area contributed by atoms with Crippen molar-refractivity contribution in [1.82, 2.24) is 0 Å². The molecule has 8 nitrogen and oxygen atoms in total. The number of fused-ring (bicyclic) bond motifs is 4. The first-order chi connectivity index (χ1) is 18.1. The molecule has 0 radical (unpaired) electrons. The lowest BCUT2D eigenvalue weighted by Gasteiger charge is -2.38. The Hall–Kier alpha value is -4.82. The van der Waals surface area contributed by atoms with Crippen molar-refractivity contribution < 1.29 is 40.2 Å². The van der Waals surface area contributed by atoms with Crippen LogP contribution < -0.4 is 0 Å². The van der Waals surface area contributed by atoms with Crippen molar-refractivity contribution in [2.45, 2.75) is 25.4 Å². The SMILES string of the molecule is Cc1cc(O)c2c(c1)[C@H]([C@H]1c3cccc(O)c3C(=O)c3c(O)cc(CO)cc31)c1cc(O)cc(O)c1C2=O. The largest absolute Gasteiger partial charge is 0.508 e. The first-order valence-corrected chi connectivity index (χ1v) is 11.9. The van der Waals surface area contributed by atoms with Gasteiger partial charge in [0.25, 0.3) is 0 Å². The quantitative estimate of drug-likeness (QED) is 0.236. The maximum absolute atomic E-state index is 13.6. The van der Waals surface area contributed by atoms with Crippen LogP contribution in [0.25, 0.3) is 0 Å². The number of phenolic OH excluding ortho intramolecular Hbond substituents is 5. The van der Waals surface area contributed by atoms with E-state index in [0.717, 1.165) is 6.07 Å². The number of aliphatic hydroxyl groups is 1. The Balaban J connectivity index is 1.79. The van der Waals surface area contributed by atoms with Crippen molar-refractivity contribution in [2.75, 3.05) is 0 Å². The molecule has 0 amide bonds. The lowest BCUT2D eigenvalue weighted by atomic mass is 9.63. The summed E-state index contributed by atoms with van der Waals surface area (Å²) in [4.78, 5) is 27.2. The fourth-order valence-electron chi connectivity index (χ4n) is 6.07. The molecule has 0 heterocycles. The van der Waals surface area contributed by atoms with Crippen molar-refractivity contribution in [3.8, 4) is 28.7 Å². The van der Waals surface area contributed by atoms with Crippen molar-refractivity contribution in [2.24, 2.45) is 0 Å². The number of hydrogen-bond acceptors (Lipinski definition) is 8. The van der Waals surface area contributed by atoms with Gasteiger partial charge in [-0.3, -0.25) is 9.59 Å². The van der Waals surface area contributed by atoms with E-state index in [2.05, 4.69) is 0 Å². The van der Waals surface area contributed by atoms with Gasteiger partial charge in [0.2, 0.25) is 11.6 Å². The molecule has 0 fully saturated rings. The lowest BCUT2D eigenvalue weighted by Crippen LogP contribution is -2.29. The van der Waals surface area contributed by atoms with Gasteiger partial charge in [0.1, 0.15) is 28.7 Å². The van der Waals surface area contributed by atoms with E-state index >= 15 is 0 Å². The van der Waals surface area contributed by atoms with Crippen LogP contribution in [0.15, 0.2) is 54.6 Å². The minimum atomic E-state index is -0.859. The minimum Gasteiger partial charge on any atom is -0.508 e. The van der Waals surface area contributed by atoms with E-state index in [0.29, 0.717) is 27.8 Å². The van der Waals surface area contributed by atoms with E-state index in [1.165, 1.54) is 24.3 Å². The number of ketones is 2. The highest BCUT2D eigenvalue weighted by Gasteiger charge is 2.45. The van der Waals surface area contributed by atoms with Crippen LogP contribution in [-0.4, -0.2) is 42.2 Å². The summed E-state index contributed by atoms with van der Waals surface area (Å²) in [6.07, 6.45) is 0. The van der Waals surface area contributed by atoms with Gasteiger partial charge in [0.15, 0.2) is 0 Å². The van der Waals surface area contributed by atoms with E-state index in [1.807, 2.05) is 0 Å². The zero-order valence-electron chi connectivity index (χ0n) is 20.1. The number of carbonyl (C=O) groups is 2. The standard InChI is InChI=1S/C30H22O8/c1-12-5-16-24(18-9-14(32)10-22(36)28(18)30(38)26(16)20(34)6-12)23-15-3-2-4-19(33)25(15)29(37)27-17(23)7-13(11-31)8-21(27)35/h2-10,23-24,31-36H,11H2,1H3/t23-,24-/m0/s1. The van der Waals surface area contributed by atoms with E-state index in [9.17, 15) is 40.2 Å². The number of benzene rings is 4. The van der Waals surface area contributed by atoms with E-state index < -0.39 is 35.8 Å². The summed E-state index contributed by atoms with van der Waals surface area (Å²) in [6.45, 7) is 1.32. The fourth-order valence-corrected chi connectivity index (χ4v) is 6.07. The summed E-state index contributed by atoms with van der Waals surface area (Å²) in [5.41, 5.74) is 2.09. The molecule has 0 bridgehead atoms. The molecule has 0 aliphatic heterocycles. The van der Waals surface area contributed by atoms with Crippen LogP contribution in [0.2, 0.25) is 0 Å². The molecule has 190 valence electrons. The third-order valence-electron chi connectivity index (χ3n) is 7.47. The third-order valence-corrected chi connectivity index (χ3v) is 7.47. The molecular formula is C30H22O8. The van der Waals surface area contributed by atoms with E-state index in [-0.39, 0.29) is 50.8 Å². The fraction of sp³-hybridized carbons (Fsp3) is 0.133. The van der Waals surface area contributed by atoms with Crippen molar-refractivity contribution in [3.05, 3.63) is 110 Å². The number of phenols is 5. The molecule has 0 spiro atoms. The summed E-state index contributed by atoms with van der Waals surface area (Å²) in [5.74, 6) is -4.67. The van der Waals surface area contributed by atoms with Gasteiger partial charge in [-0.05, 0) is 64.6 Å². The number of aromatic hydroxyl groups is 5. The topological polar surface area (TPSA) is 156 Å². The monoisotopic (exact) mass is 510 g/mol. The van der Waals surface area contributed by atoms with Gasteiger partial charge in [-0.25, -0.2) is 0 Å². The average molecular weight is 510 g/mol. The third kappa shape index (κ3) is 3.13. The zero-order valence-corrected chi connectivity index (χ0v) is 20.1. The molecular weight excluding hydrogens is 488 g/mol. The molecule has 2 aliphatic carbocycles. The molecule has 4 aromatic rings. The molecule has 6 rings (SSSR count). The second-order valence-corrected chi connectivity index (χ2v) is 9.77. The summed E-state index contributed by atoms with van der Waals surface area (Å²) < 4.78 is 0. The molecule has 38 heavy (non-hydrogen) atoms. The van der Waals surface area contributed by atoms with Gasteiger partial charge in [-0.2, -0.15) is 0 Å². The second-order valence-electron chi connectivity index (χ2n) is 9.77. The Morgan fingerprint density at radius 1 is 0.605 bits per heavy atom. The summed E-state index contributed by atoms with van der Waals surface area (Å²) in [5, 5.41) is 63.6. The van der Waals surface area contributed by atoms with Crippen molar-refractivity contribution in [3.63, 3.8) is 0 Å². The zero-order chi connectivity index (χ0) is 27.0. The molecule has 0 saturated carbocycles. The minimum absolute atomic E-state index is 0.0294. The van der Waals surface area contributed by atoms with Crippen LogP contribution in [0.3, 0.4) is 0 Å². The first-order valence-electron chi connectivity index (χ1n) is 11.9. The van der Waals surface area contributed by atoms with Gasteiger partial charge in [-0.15, -0.1) is 0 Å². The van der Waals surface area contributed by atoms with Crippen LogP contribution in [0.5, 0.6) is 28.7 Å². The van der Waals surface area contributed by atoms with Gasteiger partial charge in [0, 0.05) is 17.9 Å². The Labute approximate surface area is 216 Å². The molecule has 6 N–H and O–H groups in total. The predicted molar refractivity (Wildman–Crippen MR) is 135 cm³/mol. The molecule has 2 atom stereocenters. The summed E-state index contributed by atoms with van der Waals surface area (Å²) >= 11 is 0. The first kappa shape index (κ1) is 23.6. The Morgan fingerprint density at radius 3 is 1.79 bits per heavy atom. The number of aliphatic hydroxyl groups excluding tert-OH is 1. The number of aryl methyl sites for hydroxylation is 1. The Bertz CT molecular complexity index is 1660. The van der Waals surface area contributed by atoms with Gasteiger partial charge < -0.3 is 30.6 Å². The highest BCUT2D eigenvalue weighted by molar-refractivity contribution is 6.18. The average Bonchev–Trinajstić information content (AvgIpc) is 2.84. The van der Waals surface area contributed by atoms with Crippen molar-refractivity contribution >= 4 is 11.6 Å². The Morgan fingerprint density at radius 2 is 1.13 bits per heavy atom. The van der Waals surface area contributed by atoms with Gasteiger partial charge in [-0.1, -0.05) is 24.3 Å². The Kier molecular flexibility index (Phi) is 5.02. The van der Waals surface area contributed by atoms with Gasteiger partial charge >= 0.3 is 0 Å². The molecule has 0 aromatic heterocycles. The molecule has 4 aromatic carbocycles. The van der Waals surface area contributed by atoms with Crippen LogP contribution >= 0.6 is 0 Å². The highest BCUT2D eigenvalue weighted by Crippen LogP contribution is 2.56. The van der Waals surface area contributed by atoms with Crippen LogP contribution in [0, 0.1) is 6.92 Å². The molecule has 8 heteroatoms. The lowest BCUT2D eigenvalue weighted by molar-refractivity contribution is 0.101. The summed E-state index contributed by atoms with van der Waals surface area (Å²) in [6, 6.07) is 13.0. The van der Waals surface area contributed by atoms with Crippen molar-refractivity contribution in [1.29, 1.82) is 0 Å². The number of hydrogen-bond donors (Lipinski definition) is 6. The number of carbonyl (C=O) groups excluding carboxylic acids is 2. The second kappa shape index (κ2) is 8.09.